The van der Waals surface area contributed by atoms with Crippen molar-refractivity contribution in [1.29, 1.82) is 0 Å². The minimum Gasteiger partial charge on any atom is -0.438 e. The number of ether oxygens (including phenoxy) is 1. The Kier molecular flexibility index (Phi) is 5.34. The molecule has 3 rings (SSSR count). The first-order valence-corrected chi connectivity index (χ1v) is 8.78. The Morgan fingerprint density at radius 2 is 1.80 bits per heavy atom. The largest absolute Gasteiger partial charge is 0.438 e. The third kappa shape index (κ3) is 3.66. The number of carbonyl (C=O) groups is 1. The Morgan fingerprint density at radius 1 is 1.08 bits per heavy atom. The molecule has 0 saturated heterocycles. The Labute approximate surface area is 149 Å². The van der Waals surface area contributed by atoms with Crippen LogP contribution in [0, 0.1) is 0 Å². The van der Waals surface area contributed by atoms with Crippen LogP contribution >= 0.6 is 0 Å². The van der Waals surface area contributed by atoms with Crippen LogP contribution in [0.25, 0.3) is 0 Å². The maximum atomic E-state index is 12.7. The van der Waals surface area contributed by atoms with E-state index in [-0.39, 0.29) is 11.8 Å². The quantitative estimate of drug-likeness (QED) is 0.684. The van der Waals surface area contributed by atoms with E-state index in [9.17, 15) is 4.79 Å². The number of anilines is 1. The van der Waals surface area contributed by atoms with Gasteiger partial charge in [-0.2, -0.15) is 0 Å². The fourth-order valence-electron chi connectivity index (χ4n) is 2.96. The SMILES string of the molecule is CC/C=C/C(=O)N1/C(=C\[C@H](CC)c2ccccc2)Oc2ccccc21. The maximum Gasteiger partial charge on any atom is 0.257 e. The van der Waals surface area contributed by atoms with E-state index in [1.165, 1.54) is 5.56 Å². The van der Waals surface area contributed by atoms with Crippen molar-refractivity contribution in [2.24, 2.45) is 0 Å². The van der Waals surface area contributed by atoms with Crippen LogP contribution in [0.5, 0.6) is 5.75 Å². The number of allylic oxidation sites excluding steroid dienone is 2. The van der Waals surface area contributed by atoms with E-state index in [4.69, 9.17) is 4.74 Å². The number of fused-ring (bicyclic) bond motifs is 1. The minimum atomic E-state index is -0.0824. The van der Waals surface area contributed by atoms with Crippen molar-refractivity contribution in [3.63, 3.8) is 0 Å². The fourth-order valence-corrected chi connectivity index (χ4v) is 2.96. The molecule has 0 aromatic heterocycles. The highest BCUT2D eigenvalue weighted by atomic mass is 16.5. The third-order valence-electron chi connectivity index (χ3n) is 4.27. The second-order valence-electron chi connectivity index (χ2n) is 5.98. The van der Waals surface area contributed by atoms with Gasteiger partial charge in [0.25, 0.3) is 5.91 Å². The van der Waals surface area contributed by atoms with Crippen molar-refractivity contribution in [3.05, 3.63) is 84.3 Å². The molecular formula is C22H23NO2. The summed E-state index contributed by atoms with van der Waals surface area (Å²) in [7, 11) is 0. The third-order valence-corrected chi connectivity index (χ3v) is 4.27. The number of rotatable bonds is 5. The lowest BCUT2D eigenvalue weighted by atomic mass is 9.96. The predicted molar refractivity (Wildman–Crippen MR) is 102 cm³/mol. The van der Waals surface area contributed by atoms with E-state index in [0.29, 0.717) is 5.88 Å². The molecule has 3 nitrogen and oxygen atoms in total. The lowest BCUT2D eigenvalue weighted by Crippen LogP contribution is -2.27. The van der Waals surface area contributed by atoms with Gasteiger partial charge in [-0.1, -0.05) is 62.4 Å². The average molecular weight is 333 g/mol. The van der Waals surface area contributed by atoms with Gasteiger partial charge >= 0.3 is 0 Å². The van der Waals surface area contributed by atoms with Crippen LogP contribution in [0.15, 0.2) is 78.7 Å². The van der Waals surface area contributed by atoms with E-state index in [1.807, 2.05) is 61.5 Å². The molecule has 0 spiro atoms. The van der Waals surface area contributed by atoms with Gasteiger partial charge < -0.3 is 4.74 Å². The van der Waals surface area contributed by atoms with Crippen molar-refractivity contribution in [1.82, 2.24) is 0 Å². The second kappa shape index (κ2) is 7.84. The van der Waals surface area contributed by atoms with Crippen molar-refractivity contribution in [3.8, 4) is 5.75 Å². The van der Waals surface area contributed by atoms with Gasteiger partial charge in [0.2, 0.25) is 5.88 Å². The van der Waals surface area contributed by atoms with Crippen molar-refractivity contribution >= 4 is 11.6 Å². The molecule has 0 bridgehead atoms. The second-order valence-corrected chi connectivity index (χ2v) is 5.98. The number of hydrogen-bond acceptors (Lipinski definition) is 2. The number of benzene rings is 2. The molecular weight excluding hydrogens is 310 g/mol. The van der Waals surface area contributed by atoms with Gasteiger partial charge in [-0.3, -0.25) is 4.79 Å². The number of nitrogens with zero attached hydrogens (tertiary/aromatic N) is 1. The van der Waals surface area contributed by atoms with Crippen molar-refractivity contribution in [2.75, 3.05) is 4.90 Å². The first-order valence-electron chi connectivity index (χ1n) is 8.78. The predicted octanol–water partition coefficient (Wildman–Crippen LogP) is 5.41. The van der Waals surface area contributed by atoms with E-state index in [0.717, 1.165) is 24.3 Å². The molecule has 0 saturated carbocycles. The van der Waals surface area contributed by atoms with E-state index < -0.39 is 0 Å². The van der Waals surface area contributed by atoms with Gasteiger partial charge in [0.15, 0.2) is 5.75 Å². The number of amides is 1. The summed E-state index contributed by atoms with van der Waals surface area (Å²) in [6.07, 6.45) is 7.29. The number of para-hydroxylation sites is 2. The minimum absolute atomic E-state index is 0.0824. The Morgan fingerprint density at radius 3 is 2.52 bits per heavy atom. The van der Waals surface area contributed by atoms with E-state index in [2.05, 4.69) is 19.1 Å². The van der Waals surface area contributed by atoms with Crippen LogP contribution in [-0.2, 0) is 4.79 Å². The van der Waals surface area contributed by atoms with Crippen LogP contribution in [0.3, 0.4) is 0 Å². The molecule has 1 atom stereocenters. The summed E-state index contributed by atoms with van der Waals surface area (Å²) >= 11 is 0. The summed E-state index contributed by atoms with van der Waals surface area (Å²) < 4.78 is 6.01. The van der Waals surface area contributed by atoms with Crippen LogP contribution in [0.2, 0.25) is 0 Å². The molecule has 128 valence electrons. The monoisotopic (exact) mass is 333 g/mol. The van der Waals surface area contributed by atoms with Gasteiger partial charge in [-0.05, 0) is 42.7 Å². The van der Waals surface area contributed by atoms with Gasteiger partial charge in [-0.25, -0.2) is 4.90 Å². The molecule has 0 N–H and O–H groups in total. The summed E-state index contributed by atoms with van der Waals surface area (Å²) in [5.41, 5.74) is 2.01. The fraction of sp³-hybridized carbons (Fsp3) is 0.227. The summed E-state index contributed by atoms with van der Waals surface area (Å²) in [5, 5.41) is 0. The smallest absolute Gasteiger partial charge is 0.257 e. The molecule has 0 radical (unpaired) electrons. The Hall–Kier alpha value is -2.81. The van der Waals surface area contributed by atoms with Gasteiger partial charge in [0.05, 0.1) is 5.69 Å². The molecule has 0 aliphatic carbocycles. The molecule has 1 aliphatic heterocycles. The summed E-state index contributed by atoms with van der Waals surface area (Å²) in [6, 6.07) is 17.9. The molecule has 0 fully saturated rings. The van der Waals surface area contributed by atoms with E-state index in [1.54, 1.807) is 11.0 Å². The highest BCUT2D eigenvalue weighted by molar-refractivity contribution is 6.05. The normalized spacial score (nSPS) is 16.1. The van der Waals surface area contributed by atoms with Crippen LogP contribution in [0.1, 0.15) is 38.2 Å². The number of hydrogen-bond donors (Lipinski definition) is 0. The zero-order chi connectivity index (χ0) is 17.6. The molecule has 2 aromatic rings. The summed E-state index contributed by atoms with van der Waals surface area (Å²) in [6.45, 7) is 4.15. The lowest BCUT2D eigenvalue weighted by Gasteiger charge is -2.17. The molecule has 2 aromatic carbocycles. The van der Waals surface area contributed by atoms with Crippen LogP contribution in [-0.4, -0.2) is 5.91 Å². The first-order chi connectivity index (χ1) is 12.2. The lowest BCUT2D eigenvalue weighted by molar-refractivity contribution is -0.113. The van der Waals surface area contributed by atoms with Gasteiger partial charge in [0, 0.05) is 5.92 Å². The molecule has 25 heavy (non-hydrogen) atoms. The van der Waals surface area contributed by atoms with Gasteiger partial charge in [-0.15, -0.1) is 0 Å². The average Bonchev–Trinajstić information content (AvgIpc) is 3.03. The highest BCUT2D eigenvalue weighted by Crippen LogP contribution is 2.40. The van der Waals surface area contributed by atoms with Crippen molar-refractivity contribution < 1.29 is 9.53 Å². The molecule has 0 unspecified atom stereocenters. The van der Waals surface area contributed by atoms with Gasteiger partial charge in [0.1, 0.15) is 0 Å². The Balaban J connectivity index is 1.98. The summed E-state index contributed by atoms with van der Waals surface area (Å²) in [5.74, 6) is 1.41. The maximum absolute atomic E-state index is 12.7. The molecule has 1 aliphatic rings. The summed E-state index contributed by atoms with van der Waals surface area (Å²) in [4.78, 5) is 14.4. The van der Waals surface area contributed by atoms with E-state index >= 15 is 0 Å². The zero-order valence-corrected chi connectivity index (χ0v) is 14.7. The zero-order valence-electron chi connectivity index (χ0n) is 14.7. The molecule has 1 heterocycles. The standard InChI is InChI=1S/C22H23NO2/c1-3-5-15-21(24)23-19-13-9-10-14-20(19)25-22(23)16-17(4-2)18-11-7-6-8-12-18/h5-17H,3-4H2,1-2H3/b15-5+,22-16+/t17-/m0/s1. The topological polar surface area (TPSA) is 29.5 Å². The highest BCUT2D eigenvalue weighted by Gasteiger charge is 2.30. The van der Waals surface area contributed by atoms with Crippen molar-refractivity contribution in [2.45, 2.75) is 32.6 Å². The van der Waals surface area contributed by atoms with Crippen LogP contribution < -0.4 is 9.64 Å². The first kappa shape index (κ1) is 17.0. The Bertz CT molecular complexity index is 793. The molecule has 1 amide bonds. The molecule has 3 heteroatoms. The number of carbonyl (C=O) groups excluding carboxylic acids is 1. The van der Waals surface area contributed by atoms with Crippen LogP contribution in [0.4, 0.5) is 5.69 Å².